The van der Waals surface area contributed by atoms with E-state index < -0.39 is 0 Å². The predicted octanol–water partition coefficient (Wildman–Crippen LogP) is 8.17. The van der Waals surface area contributed by atoms with Crippen LogP contribution in [0.1, 0.15) is 60.3 Å². The summed E-state index contributed by atoms with van der Waals surface area (Å²) in [6.45, 7) is 6.57. The molecule has 2 fully saturated rings. The second-order valence-electron chi connectivity index (χ2n) is 16.4. The van der Waals surface area contributed by atoms with Gasteiger partial charge in [0.05, 0.1) is 37.7 Å². The molecule has 12 heteroatoms. The molecule has 0 spiro atoms. The van der Waals surface area contributed by atoms with E-state index in [0.29, 0.717) is 13.2 Å². The SMILES string of the molecule is COc1ccccc1C(NC(=O)C1CCN(CCOc2ccccc2)CC1)c1ccccn1.COc1ccccc1C(NC(=O)C1CCN(CCOc2ccccc2)CC1)c1ccccn1. The number of ether oxygens (including phenoxy) is 4. The minimum absolute atomic E-state index is 0.0165. The first-order valence-electron chi connectivity index (χ1n) is 23.0. The van der Waals surface area contributed by atoms with Crippen LogP contribution in [0.2, 0.25) is 0 Å². The van der Waals surface area contributed by atoms with Crippen molar-refractivity contribution in [2.24, 2.45) is 11.8 Å². The van der Waals surface area contributed by atoms with Gasteiger partial charge in [0.2, 0.25) is 11.8 Å². The van der Waals surface area contributed by atoms with Crippen molar-refractivity contribution in [3.63, 3.8) is 0 Å². The highest BCUT2D eigenvalue weighted by Gasteiger charge is 2.30. The summed E-state index contributed by atoms with van der Waals surface area (Å²) in [6, 6.07) is 46.1. The number of nitrogens with one attached hydrogen (secondary N) is 2. The van der Waals surface area contributed by atoms with Crippen LogP contribution < -0.4 is 29.6 Å². The number of piperidine rings is 2. The quantitative estimate of drug-likeness (QED) is 0.0873. The highest BCUT2D eigenvalue weighted by molar-refractivity contribution is 5.80. The molecule has 2 amide bonds. The monoisotopic (exact) mass is 890 g/mol. The Bertz CT molecular complexity index is 2180. The van der Waals surface area contributed by atoms with Crippen LogP contribution in [0, 0.1) is 11.8 Å². The number of pyridine rings is 2. The zero-order valence-electron chi connectivity index (χ0n) is 38.0. The topological polar surface area (TPSA) is 127 Å². The lowest BCUT2D eigenvalue weighted by molar-refractivity contribution is -0.127. The minimum Gasteiger partial charge on any atom is -0.496 e. The van der Waals surface area contributed by atoms with E-state index in [1.165, 1.54) is 0 Å². The van der Waals surface area contributed by atoms with Gasteiger partial charge in [0.15, 0.2) is 0 Å². The van der Waals surface area contributed by atoms with Gasteiger partial charge in [-0.1, -0.05) is 84.9 Å². The van der Waals surface area contributed by atoms with Crippen molar-refractivity contribution in [2.45, 2.75) is 37.8 Å². The Labute approximate surface area is 389 Å². The number of nitrogens with zero attached hydrogens (tertiary/aromatic N) is 4. The van der Waals surface area contributed by atoms with E-state index in [4.69, 9.17) is 18.9 Å². The number of hydrogen-bond acceptors (Lipinski definition) is 10. The van der Waals surface area contributed by atoms with Gasteiger partial charge in [0.1, 0.15) is 36.2 Å². The Hall–Kier alpha value is -6.76. The number of carbonyl (C=O) groups is 2. The molecule has 4 aromatic carbocycles. The highest BCUT2D eigenvalue weighted by atomic mass is 16.5. The Morgan fingerprint density at radius 3 is 1.24 bits per heavy atom. The van der Waals surface area contributed by atoms with Crippen LogP contribution in [0.15, 0.2) is 158 Å². The van der Waals surface area contributed by atoms with E-state index in [1.807, 2.05) is 146 Å². The fourth-order valence-electron chi connectivity index (χ4n) is 8.50. The number of likely N-dealkylation sites (tertiary alicyclic amines) is 2. The second kappa shape index (κ2) is 25.1. The molecular weight excluding hydrogens is 829 g/mol. The molecule has 2 unspecified atom stereocenters. The van der Waals surface area contributed by atoms with Gasteiger partial charge in [0, 0.05) is 48.4 Å². The number of para-hydroxylation sites is 4. The standard InChI is InChI=1S/2C27H31N3O3/c2*1-32-25-13-6-5-11-23(25)26(24-12-7-8-16-28-24)29-27(31)21-14-17-30(18-15-21)19-20-33-22-9-3-2-4-10-22/h2*2-13,16,21,26H,14-15,17-20H2,1H3,(H,29,31). The smallest absolute Gasteiger partial charge is 0.224 e. The molecule has 0 aliphatic carbocycles. The molecule has 0 radical (unpaired) electrons. The predicted molar refractivity (Wildman–Crippen MR) is 257 cm³/mol. The van der Waals surface area contributed by atoms with Gasteiger partial charge in [-0.05, 0) is 113 Å². The van der Waals surface area contributed by atoms with Crippen LogP contribution in [0.3, 0.4) is 0 Å². The number of rotatable bonds is 18. The average Bonchev–Trinajstić information content (AvgIpc) is 3.39. The number of methoxy groups -OCH3 is 2. The van der Waals surface area contributed by atoms with Crippen molar-refractivity contribution in [3.05, 3.63) is 181 Å². The van der Waals surface area contributed by atoms with Crippen molar-refractivity contribution < 1.29 is 28.5 Å². The molecule has 12 nitrogen and oxygen atoms in total. The Balaban J connectivity index is 0.000000196. The third-order valence-corrected chi connectivity index (χ3v) is 12.2. The zero-order chi connectivity index (χ0) is 45.8. The van der Waals surface area contributed by atoms with E-state index in [-0.39, 0.29) is 35.7 Å². The lowest BCUT2D eigenvalue weighted by Crippen LogP contribution is -2.43. The minimum atomic E-state index is -0.354. The van der Waals surface area contributed by atoms with Crippen LogP contribution in [-0.2, 0) is 9.59 Å². The second-order valence-corrected chi connectivity index (χ2v) is 16.4. The maximum absolute atomic E-state index is 13.2. The van der Waals surface area contributed by atoms with Gasteiger partial charge in [-0.15, -0.1) is 0 Å². The van der Waals surface area contributed by atoms with Crippen LogP contribution in [0.4, 0.5) is 0 Å². The van der Waals surface area contributed by atoms with Gasteiger partial charge in [-0.2, -0.15) is 0 Å². The maximum atomic E-state index is 13.2. The lowest BCUT2D eigenvalue weighted by atomic mass is 9.94. The summed E-state index contributed by atoms with van der Waals surface area (Å²) in [6.07, 6.45) is 6.83. The number of aromatic nitrogens is 2. The fraction of sp³-hybridized carbons (Fsp3) is 0.333. The summed E-state index contributed by atoms with van der Waals surface area (Å²) in [5, 5.41) is 6.50. The van der Waals surface area contributed by atoms with Crippen molar-refractivity contribution >= 4 is 11.8 Å². The van der Waals surface area contributed by atoms with Gasteiger partial charge >= 0.3 is 0 Å². The Morgan fingerprint density at radius 1 is 0.515 bits per heavy atom. The third-order valence-electron chi connectivity index (χ3n) is 12.2. The third kappa shape index (κ3) is 13.6. The molecule has 2 atom stereocenters. The number of benzene rings is 4. The molecule has 6 aromatic rings. The first-order chi connectivity index (χ1) is 32.5. The molecule has 2 N–H and O–H groups in total. The maximum Gasteiger partial charge on any atom is 0.224 e. The lowest BCUT2D eigenvalue weighted by Gasteiger charge is -2.32. The summed E-state index contributed by atoms with van der Waals surface area (Å²) >= 11 is 0. The van der Waals surface area contributed by atoms with E-state index in [2.05, 4.69) is 30.4 Å². The van der Waals surface area contributed by atoms with Crippen molar-refractivity contribution in [1.82, 2.24) is 30.4 Å². The Kier molecular flexibility index (Phi) is 17.9. The van der Waals surface area contributed by atoms with Crippen LogP contribution >= 0.6 is 0 Å². The first-order valence-corrected chi connectivity index (χ1v) is 23.0. The largest absolute Gasteiger partial charge is 0.496 e. The van der Waals surface area contributed by atoms with E-state index in [9.17, 15) is 9.59 Å². The van der Waals surface area contributed by atoms with Crippen LogP contribution in [0.5, 0.6) is 23.0 Å². The van der Waals surface area contributed by atoms with Crippen LogP contribution in [0.25, 0.3) is 0 Å². The van der Waals surface area contributed by atoms with Crippen molar-refractivity contribution in [3.8, 4) is 23.0 Å². The molecular formula is C54H62N6O6. The number of carbonyl (C=O) groups excluding carboxylic acids is 2. The van der Waals surface area contributed by atoms with Gasteiger partial charge < -0.3 is 29.6 Å². The fourth-order valence-corrected chi connectivity index (χ4v) is 8.50. The molecule has 66 heavy (non-hydrogen) atoms. The number of amides is 2. The molecule has 2 aromatic heterocycles. The Morgan fingerprint density at radius 2 is 0.879 bits per heavy atom. The molecule has 0 saturated carbocycles. The molecule has 0 bridgehead atoms. The van der Waals surface area contributed by atoms with Gasteiger partial charge in [0.25, 0.3) is 0 Å². The van der Waals surface area contributed by atoms with Gasteiger partial charge in [-0.3, -0.25) is 29.4 Å². The highest BCUT2D eigenvalue weighted by Crippen LogP contribution is 2.32. The van der Waals surface area contributed by atoms with Crippen LogP contribution in [-0.4, -0.2) is 98.3 Å². The molecule has 2 aliphatic rings. The van der Waals surface area contributed by atoms with Crippen molar-refractivity contribution in [2.75, 3.05) is 66.7 Å². The number of hydrogen-bond donors (Lipinski definition) is 2. The molecule has 2 saturated heterocycles. The molecule has 4 heterocycles. The van der Waals surface area contributed by atoms with Gasteiger partial charge in [-0.25, -0.2) is 0 Å². The molecule has 344 valence electrons. The average molecular weight is 891 g/mol. The normalized spacial score (nSPS) is 15.5. The summed E-state index contributed by atoms with van der Waals surface area (Å²) in [5.41, 5.74) is 3.40. The summed E-state index contributed by atoms with van der Waals surface area (Å²) in [4.78, 5) is 40.2. The van der Waals surface area contributed by atoms with Crippen molar-refractivity contribution in [1.29, 1.82) is 0 Å². The molecule has 8 rings (SSSR count). The summed E-state index contributed by atoms with van der Waals surface area (Å²) in [7, 11) is 3.29. The zero-order valence-corrected chi connectivity index (χ0v) is 38.0. The first kappa shape index (κ1) is 47.2. The van der Waals surface area contributed by atoms with E-state index in [1.54, 1.807) is 26.6 Å². The summed E-state index contributed by atoms with van der Waals surface area (Å²) in [5.74, 6) is 3.36. The molecule has 2 aliphatic heterocycles. The summed E-state index contributed by atoms with van der Waals surface area (Å²) < 4.78 is 22.8. The van der Waals surface area contributed by atoms with E-state index >= 15 is 0 Å². The van der Waals surface area contributed by atoms with E-state index in [0.717, 1.165) is 110 Å².